The number of methoxy groups -OCH3 is 1. The number of ether oxygens (including phenoxy) is 1. The van der Waals surface area contributed by atoms with Crippen molar-refractivity contribution in [2.24, 2.45) is 5.41 Å². The molecule has 14 heavy (non-hydrogen) atoms. The van der Waals surface area contributed by atoms with Crippen LogP contribution >= 0.6 is 0 Å². The molecule has 0 N–H and O–H groups in total. The molecule has 0 aliphatic heterocycles. The van der Waals surface area contributed by atoms with Crippen LogP contribution in [0.5, 0.6) is 0 Å². The van der Waals surface area contributed by atoms with E-state index in [4.69, 9.17) is 0 Å². The zero-order chi connectivity index (χ0) is 10.8. The van der Waals surface area contributed by atoms with E-state index in [2.05, 4.69) is 25.5 Å². The maximum absolute atomic E-state index is 11.2. The number of esters is 1. The van der Waals surface area contributed by atoms with Gasteiger partial charge in [0.05, 0.1) is 7.11 Å². The molecule has 0 bridgehead atoms. The van der Waals surface area contributed by atoms with Crippen molar-refractivity contribution in [1.29, 1.82) is 0 Å². The molecule has 0 heterocycles. The lowest BCUT2D eigenvalue weighted by Crippen LogP contribution is -2.07. The van der Waals surface area contributed by atoms with Gasteiger partial charge >= 0.3 is 5.97 Å². The maximum Gasteiger partial charge on any atom is 0.334 e. The fourth-order valence-corrected chi connectivity index (χ4v) is 1.65. The minimum absolute atomic E-state index is 0.204. The van der Waals surface area contributed by atoms with E-state index in [0.717, 1.165) is 18.4 Å². The number of allylic oxidation sites excluding steroid dienone is 3. The highest BCUT2D eigenvalue weighted by molar-refractivity contribution is 5.90. The number of hydrogen-bond acceptors (Lipinski definition) is 2. The van der Waals surface area contributed by atoms with E-state index in [1.54, 1.807) is 0 Å². The summed E-state index contributed by atoms with van der Waals surface area (Å²) in [5.74, 6) is -0.204. The van der Waals surface area contributed by atoms with Crippen LogP contribution in [0.1, 0.15) is 33.6 Å². The van der Waals surface area contributed by atoms with E-state index in [1.807, 2.05) is 12.2 Å². The number of carbonyl (C=O) groups is 1. The molecule has 0 amide bonds. The van der Waals surface area contributed by atoms with Crippen LogP contribution in [-0.2, 0) is 9.53 Å². The molecule has 1 rings (SSSR count). The Kier molecular flexibility index (Phi) is 3.14. The van der Waals surface area contributed by atoms with Gasteiger partial charge in [-0.15, -0.1) is 0 Å². The Morgan fingerprint density at radius 1 is 1.43 bits per heavy atom. The van der Waals surface area contributed by atoms with Gasteiger partial charge in [0.1, 0.15) is 0 Å². The van der Waals surface area contributed by atoms with E-state index in [9.17, 15) is 4.79 Å². The van der Waals surface area contributed by atoms with Crippen LogP contribution in [0.3, 0.4) is 0 Å². The first kappa shape index (κ1) is 11.0. The summed E-state index contributed by atoms with van der Waals surface area (Å²) in [6.45, 7) is 6.60. The molecule has 0 fully saturated rings. The predicted molar refractivity (Wildman–Crippen MR) is 56.9 cm³/mol. The normalized spacial score (nSPS) is 16.3. The van der Waals surface area contributed by atoms with Crippen molar-refractivity contribution in [3.63, 3.8) is 0 Å². The summed E-state index contributed by atoms with van der Waals surface area (Å²) in [6, 6.07) is 0. The largest absolute Gasteiger partial charge is 0.466 e. The number of rotatable bonds is 2. The van der Waals surface area contributed by atoms with Gasteiger partial charge in [0.15, 0.2) is 0 Å². The van der Waals surface area contributed by atoms with Gasteiger partial charge in [0.25, 0.3) is 0 Å². The summed E-state index contributed by atoms with van der Waals surface area (Å²) >= 11 is 0. The fourth-order valence-electron chi connectivity index (χ4n) is 1.65. The van der Waals surface area contributed by atoms with Gasteiger partial charge in [-0.3, -0.25) is 0 Å². The molecule has 1 aliphatic carbocycles. The Bertz CT molecular complexity index is 290. The molecule has 78 valence electrons. The third kappa shape index (κ3) is 3.02. The van der Waals surface area contributed by atoms with Gasteiger partial charge in [0, 0.05) is 12.0 Å². The molecule has 0 aromatic heterocycles. The average molecular weight is 194 g/mol. The third-order valence-electron chi connectivity index (χ3n) is 2.14. The molecule has 0 aromatic carbocycles. The molecule has 0 spiro atoms. The van der Waals surface area contributed by atoms with Gasteiger partial charge in [-0.25, -0.2) is 4.79 Å². The van der Waals surface area contributed by atoms with Crippen molar-refractivity contribution in [2.45, 2.75) is 33.6 Å². The van der Waals surface area contributed by atoms with E-state index < -0.39 is 0 Å². The van der Waals surface area contributed by atoms with Gasteiger partial charge in [-0.2, -0.15) is 0 Å². The van der Waals surface area contributed by atoms with E-state index in [0.29, 0.717) is 0 Å². The van der Waals surface area contributed by atoms with Gasteiger partial charge in [-0.1, -0.05) is 38.5 Å². The van der Waals surface area contributed by atoms with Crippen molar-refractivity contribution in [3.8, 4) is 0 Å². The van der Waals surface area contributed by atoms with E-state index in [1.165, 1.54) is 12.7 Å². The number of carbonyl (C=O) groups excluding carboxylic acids is 1. The zero-order valence-electron chi connectivity index (χ0n) is 9.39. The SMILES string of the molecule is COC(=O)C1=CC=C(CC(C)(C)C)C1. The summed E-state index contributed by atoms with van der Waals surface area (Å²) in [4.78, 5) is 11.2. The van der Waals surface area contributed by atoms with E-state index >= 15 is 0 Å². The topological polar surface area (TPSA) is 26.3 Å². The van der Waals surface area contributed by atoms with Gasteiger partial charge in [-0.05, 0) is 11.8 Å². The fraction of sp³-hybridized carbons (Fsp3) is 0.583. The van der Waals surface area contributed by atoms with Crippen molar-refractivity contribution in [3.05, 3.63) is 23.3 Å². The minimum atomic E-state index is -0.204. The third-order valence-corrected chi connectivity index (χ3v) is 2.14. The average Bonchev–Trinajstić information content (AvgIpc) is 2.48. The van der Waals surface area contributed by atoms with Crippen molar-refractivity contribution in [1.82, 2.24) is 0 Å². The van der Waals surface area contributed by atoms with Crippen molar-refractivity contribution < 1.29 is 9.53 Å². The predicted octanol–water partition coefficient (Wildman–Crippen LogP) is 2.85. The lowest BCUT2D eigenvalue weighted by Gasteiger charge is -2.18. The summed E-state index contributed by atoms with van der Waals surface area (Å²) in [5.41, 5.74) is 2.37. The second-order valence-electron chi connectivity index (χ2n) is 4.92. The smallest absolute Gasteiger partial charge is 0.334 e. The summed E-state index contributed by atoms with van der Waals surface area (Å²) in [5, 5.41) is 0. The Hall–Kier alpha value is -1.05. The number of hydrogen-bond donors (Lipinski definition) is 0. The molecule has 0 aromatic rings. The zero-order valence-corrected chi connectivity index (χ0v) is 9.39. The highest BCUT2D eigenvalue weighted by atomic mass is 16.5. The minimum Gasteiger partial charge on any atom is -0.466 e. The van der Waals surface area contributed by atoms with E-state index in [-0.39, 0.29) is 11.4 Å². The molecule has 0 radical (unpaired) electrons. The molecular formula is C12H18O2. The highest BCUT2D eigenvalue weighted by Crippen LogP contribution is 2.31. The Morgan fingerprint density at radius 3 is 2.57 bits per heavy atom. The Balaban J connectivity index is 2.50. The van der Waals surface area contributed by atoms with Crippen LogP contribution in [0.25, 0.3) is 0 Å². The molecular weight excluding hydrogens is 176 g/mol. The first-order chi connectivity index (χ1) is 6.42. The second kappa shape index (κ2) is 3.99. The molecule has 2 heteroatoms. The van der Waals surface area contributed by atoms with Crippen LogP contribution in [-0.4, -0.2) is 13.1 Å². The quantitative estimate of drug-likeness (QED) is 0.632. The molecule has 1 aliphatic rings. The lowest BCUT2D eigenvalue weighted by atomic mass is 9.87. The molecule has 2 nitrogen and oxygen atoms in total. The van der Waals surface area contributed by atoms with Crippen LogP contribution in [0.4, 0.5) is 0 Å². The highest BCUT2D eigenvalue weighted by Gasteiger charge is 2.20. The van der Waals surface area contributed by atoms with Gasteiger partial charge < -0.3 is 4.74 Å². The Morgan fingerprint density at radius 2 is 2.07 bits per heavy atom. The molecule has 0 saturated carbocycles. The molecule has 0 atom stereocenters. The van der Waals surface area contributed by atoms with Crippen LogP contribution in [0, 0.1) is 5.41 Å². The first-order valence-corrected chi connectivity index (χ1v) is 4.89. The van der Waals surface area contributed by atoms with Crippen LogP contribution in [0.2, 0.25) is 0 Å². The van der Waals surface area contributed by atoms with Crippen molar-refractivity contribution in [2.75, 3.05) is 7.11 Å². The molecule has 0 unspecified atom stereocenters. The standard InChI is InChI=1S/C12H18O2/c1-12(2,3)8-9-5-6-10(7-9)11(13)14-4/h5-6H,7-8H2,1-4H3. The maximum atomic E-state index is 11.2. The first-order valence-electron chi connectivity index (χ1n) is 4.89. The molecule has 0 saturated heterocycles. The lowest BCUT2D eigenvalue weighted by molar-refractivity contribution is -0.136. The summed E-state index contributed by atoms with van der Waals surface area (Å²) in [6.07, 6.45) is 5.69. The monoisotopic (exact) mass is 194 g/mol. The summed E-state index contributed by atoms with van der Waals surface area (Å²) in [7, 11) is 1.42. The second-order valence-corrected chi connectivity index (χ2v) is 4.92. The van der Waals surface area contributed by atoms with Crippen LogP contribution < -0.4 is 0 Å². The van der Waals surface area contributed by atoms with Crippen LogP contribution in [0.15, 0.2) is 23.3 Å². The van der Waals surface area contributed by atoms with Crippen molar-refractivity contribution >= 4 is 5.97 Å². The summed E-state index contributed by atoms with van der Waals surface area (Å²) < 4.78 is 4.67. The van der Waals surface area contributed by atoms with Gasteiger partial charge in [0.2, 0.25) is 0 Å². The Labute approximate surface area is 85.6 Å².